The molecule has 0 spiro atoms. The van der Waals surface area contributed by atoms with Gasteiger partial charge in [-0.1, -0.05) is 174 Å². The second-order valence-corrected chi connectivity index (χ2v) is 16.7. The van der Waals surface area contributed by atoms with Crippen molar-refractivity contribution in [3.05, 3.63) is 167 Å². The van der Waals surface area contributed by atoms with Crippen LogP contribution in [0.1, 0.15) is 88.1 Å². The van der Waals surface area contributed by atoms with Crippen molar-refractivity contribution >= 4 is 23.9 Å². The van der Waals surface area contributed by atoms with Crippen molar-refractivity contribution in [1.29, 1.82) is 0 Å². The number of fused-ring (bicyclic) bond motifs is 3. The quantitative estimate of drug-likeness (QED) is 0.0760. The fourth-order valence-corrected chi connectivity index (χ4v) is 8.11. The smallest absolute Gasteiger partial charge is 0.407 e. The van der Waals surface area contributed by atoms with Gasteiger partial charge in [0.2, 0.25) is 11.8 Å². The van der Waals surface area contributed by atoms with Gasteiger partial charge < -0.3 is 25.0 Å². The fourth-order valence-electron chi connectivity index (χ4n) is 8.11. The summed E-state index contributed by atoms with van der Waals surface area (Å²) in [7, 11) is 1.57. The molecule has 0 aliphatic heterocycles. The first-order chi connectivity index (χ1) is 28.8. The molecular weight excluding hydrogens is 751 g/mol. The molecule has 2 N–H and O–H groups in total. The van der Waals surface area contributed by atoms with E-state index < -0.39 is 47.1 Å². The Labute approximate surface area is 354 Å². The minimum atomic E-state index is -1.53. The third-order valence-electron chi connectivity index (χ3n) is 11.6. The lowest BCUT2D eigenvalue weighted by Gasteiger charge is -2.39. The largest absolute Gasteiger partial charge is 0.449 e. The molecule has 0 saturated carbocycles. The highest BCUT2D eigenvalue weighted by Crippen LogP contribution is 2.45. The van der Waals surface area contributed by atoms with Gasteiger partial charge in [-0.2, -0.15) is 0 Å². The fraction of sp³-hybridized carbons (Fsp3) is 0.333. The molecule has 0 heterocycles. The SMILES string of the molecule is CC[C@H](C)[C@H](NC(=O)OCC1c2ccccc2-c2ccccc21)C(=O)N(C)[C@@H](CC(C)C)C(=O)NC(C)(C)C(=O)OC(c1ccccc1)(c1ccccc1)c1ccccc1. The summed E-state index contributed by atoms with van der Waals surface area (Å²) in [6, 6.07) is 42.9. The highest BCUT2D eigenvalue weighted by Gasteiger charge is 2.46. The van der Waals surface area contributed by atoms with Gasteiger partial charge in [-0.25, -0.2) is 9.59 Å². The molecule has 5 aromatic carbocycles. The van der Waals surface area contributed by atoms with E-state index in [1.165, 1.54) is 4.90 Å². The second-order valence-electron chi connectivity index (χ2n) is 16.7. The average Bonchev–Trinajstić information content (AvgIpc) is 3.59. The van der Waals surface area contributed by atoms with Crippen LogP contribution in [0.2, 0.25) is 0 Å². The minimum absolute atomic E-state index is 0.00472. The van der Waals surface area contributed by atoms with E-state index in [4.69, 9.17) is 9.47 Å². The van der Waals surface area contributed by atoms with Crippen LogP contribution in [0.15, 0.2) is 140 Å². The standard InChI is InChI=1S/C51H57N3O6/c1-8-35(4)45(52-49(58)59-33-43-41-30-20-18-28-39(41)40-29-19-21-31-42(40)43)47(56)54(7)44(32-34(2)3)46(55)53-50(5,6)48(57)60-51(36-22-12-9-13-23-36,37-24-14-10-15-25-37)38-26-16-11-17-27-38/h9-31,34-35,43-45H,8,32-33H2,1-7H3,(H,52,58)(H,53,55)/t35-,44-,45-/m0/s1. The van der Waals surface area contributed by atoms with E-state index in [0.29, 0.717) is 12.8 Å². The van der Waals surface area contributed by atoms with Crippen LogP contribution in [-0.4, -0.2) is 60.1 Å². The molecule has 1 aliphatic carbocycles. The molecule has 0 fully saturated rings. The molecule has 3 atom stereocenters. The van der Waals surface area contributed by atoms with Gasteiger partial charge in [0.1, 0.15) is 24.2 Å². The van der Waals surface area contributed by atoms with Gasteiger partial charge in [0, 0.05) is 29.7 Å². The molecule has 0 unspecified atom stereocenters. The number of benzene rings is 5. The maximum atomic E-state index is 14.6. The van der Waals surface area contributed by atoms with Crippen LogP contribution in [0, 0.1) is 11.8 Å². The summed E-state index contributed by atoms with van der Waals surface area (Å²) in [5.41, 5.74) is 3.73. The predicted octanol–water partition coefficient (Wildman–Crippen LogP) is 9.24. The highest BCUT2D eigenvalue weighted by atomic mass is 16.6. The van der Waals surface area contributed by atoms with E-state index in [9.17, 15) is 19.2 Å². The summed E-state index contributed by atoms with van der Waals surface area (Å²) in [5.74, 6) is -2.04. The molecule has 9 nitrogen and oxygen atoms in total. The molecule has 0 saturated heterocycles. The third kappa shape index (κ3) is 9.15. The lowest BCUT2D eigenvalue weighted by atomic mass is 9.80. The highest BCUT2D eigenvalue weighted by molar-refractivity contribution is 5.94. The zero-order chi connectivity index (χ0) is 43.0. The molecule has 60 heavy (non-hydrogen) atoms. The molecular formula is C51H57N3O6. The van der Waals surface area contributed by atoms with E-state index >= 15 is 0 Å². The number of ether oxygens (including phenoxy) is 2. The number of esters is 1. The zero-order valence-corrected chi connectivity index (χ0v) is 35.7. The normalized spacial score (nSPS) is 13.9. The summed E-state index contributed by atoms with van der Waals surface area (Å²) in [6.07, 6.45) is 0.176. The number of carbonyl (C=O) groups is 4. The van der Waals surface area contributed by atoms with Gasteiger partial charge in [-0.15, -0.1) is 0 Å². The molecule has 312 valence electrons. The Morgan fingerprint density at radius 1 is 0.683 bits per heavy atom. The van der Waals surface area contributed by atoms with Crippen LogP contribution in [0.25, 0.3) is 11.1 Å². The van der Waals surface area contributed by atoms with Crippen LogP contribution in [-0.2, 0) is 29.5 Å². The first-order valence-corrected chi connectivity index (χ1v) is 20.9. The van der Waals surface area contributed by atoms with Crippen molar-refractivity contribution in [2.24, 2.45) is 11.8 Å². The number of hydrogen-bond acceptors (Lipinski definition) is 6. The number of rotatable bonds is 16. The molecule has 5 aromatic rings. The Morgan fingerprint density at radius 2 is 1.13 bits per heavy atom. The summed E-state index contributed by atoms with van der Waals surface area (Å²) in [4.78, 5) is 58.3. The van der Waals surface area contributed by atoms with Crippen molar-refractivity contribution in [3.63, 3.8) is 0 Å². The van der Waals surface area contributed by atoms with E-state index in [2.05, 4.69) is 34.9 Å². The third-order valence-corrected chi connectivity index (χ3v) is 11.6. The van der Waals surface area contributed by atoms with Gasteiger partial charge in [-0.3, -0.25) is 9.59 Å². The number of likely N-dealkylation sites (N-methyl/N-ethyl adjacent to an activating group) is 1. The molecule has 0 bridgehead atoms. The van der Waals surface area contributed by atoms with Gasteiger partial charge in [0.05, 0.1) is 0 Å². The van der Waals surface area contributed by atoms with Crippen LogP contribution in [0.4, 0.5) is 4.79 Å². The number of amides is 3. The number of carbonyl (C=O) groups excluding carboxylic acids is 4. The van der Waals surface area contributed by atoms with Crippen LogP contribution < -0.4 is 10.6 Å². The minimum Gasteiger partial charge on any atom is -0.449 e. The first-order valence-electron chi connectivity index (χ1n) is 20.9. The van der Waals surface area contributed by atoms with E-state index in [-0.39, 0.29) is 24.4 Å². The number of nitrogens with one attached hydrogen (secondary N) is 2. The Morgan fingerprint density at radius 3 is 1.58 bits per heavy atom. The average molecular weight is 808 g/mol. The zero-order valence-electron chi connectivity index (χ0n) is 35.7. The number of hydrogen-bond donors (Lipinski definition) is 2. The van der Waals surface area contributed by atoms with Crippen molar-refractivity contribution in [2.45, 2.75) is 83.5 Å². The van der Waals surface area contributed by atoms with Crippen molar-refractivity contribution in [1.82, 2.24) is 15.5 Å². The van der Waals surface area contributed by atoms with Crippen molar-refractivity contribution in [3.8, 4) is 11.1 Å². The maximum absolute atomic E-state index is 14.6. The van der Waals surface area contributed by atoms with Crippen LogP contribution in [0.3, 0.4) is 0 Å². The lowest BCUT2D eigenvalue weighted by molar-refractivity contribution is -0.162. The van der Waals surface area contributed by atoms with Crippen LogP contribution in [0.5, 0.6) is 0 Å². The van der Waals surface area contributed by atoms with Gasteiger partial charge in [0.15, 0.2) is 5.60 Å². The molecule has 3 amide bonds. The van der Waals surface area contributed by atoms with Gasteiger partial charge in [0.25, 0.3) is 0 Å². The van der Waals surface area contributed by atoms with Gasteiger partial charge >= 0.3 is 12.1 Å². The van der Waals surface area contributed by atoms with Crippen molar-refractivity contribution < 1.29 is 28.7 Å². The van der Waals surface area contributed by atoms with Crippen molar-refractivity contribution in [2.75, 3.05) is 13.7 Å². The Hall–Kier alpha value is -6.22. The summed E-state index contributed by atoms with van der Waals surface area (Å²) in [5, 5.41) is 5.79. The molecule has 1 aliphatic rings. The first kappa shape index (κ1) is 43.4. The van der Waals surface area contributed by atoms with E-state index in [1.54, 1.807) is 20.9 Å². The Bertz CT molecular complexity index is 2120. The molecule has 0 radical (unpaired) electrons. The Balaban J connectivity index is 1.20. The molecule has 0 aromatic heterocycles. The monoisotopic (exact) mass is 807 g/mol. The molecule has 9 heteroatoms. The summed E-state index contributed by atoms with van der Waals surface area (Å²) < 4.78 is 12.5. The number of alkyl carbamates (subject to hydrolysis) is 1. The Kier molecular flexibility index (Phi) is 13.6. The van der Waals surface area contributed by atoms with E-state index in [1.807, 2.05) is 143 Å². The summed E-state index contributed by atoms with van der Waals surface area (Å²) in [6.45, 7) is 11.1. The second kappa shape index (κ2) is 18.8. The summed E-state index contributed by atoms with van der Waals surface area (Å²) >= 11 is 0. The molecule has 6 rings (SSSR count). The van der Waals surface area contributed by atoms with E-state index in [0.717, 1.165) is 38.9 Å². The van der Waals surface area contributed by atoms with Crippen LogP contribution >= 0.6 is 0 Å². The topological polar surface area (TPSA) is 114 Å². The van der Waals surface area contributed by atoms with Gasteiger partial charge in [-0.05, 0) is 54.4 Å². The lowest BCUT2D eigenvalue weighted by Crippen LogP contribution is -2.60. The number of nitrogens with zero attached hydrogens (tertiary/aromatic N) is 1. The maximum Gasteiger partial charge on any atom is 0.407 e. The predicted molar refractivity (Wildman–Crippen MR) is 235 cm³/mol.